The van der Waals surface area contributed by atoms with Crippen molar-refractivity contribution in [1.29, 1.82) is 0 Å². The molecule has 1 heterocycles. The van der Waals surface area contributed by atoms with Crippen molar-refractivity contribution in [3.8, 4) is 5.75 Å². The fraction of sp³-hybridized carbons (Fsp3) is 0.366. The molecule has 10 heteroatoms. The summed E-state index contributed by atoms with van der Waals surface area (Å²) in [5.74, 6) is -2.06. The van der Waals surface area contributed by atoms with Gasteiger partial charge in [0.1, 0.15) is 17.9 Å². The van der Waals surface area contributed by atoms with Crippen LogP contribution >= 0.6 is 11.6 Å². The van der Waals surface area contributed by atoms with Crippen LogP contribution in [0.3, 0.4) is 0 Å². The van der Waals surface area contributed by atoms with E-state index in [0.717, 1.165) is 11.1 Å². The second-order valence-electron chi connectivity index (χ2n) is 13.2. The van der Waals surface area contributed by atoms with Crippen LogP contribution in [0.2, 0.25) is 5.02 Å². The maximum Gasteiger partial charge on any atom is 0.347 e. The van der Waals surface area contributed by atoms with Crippen molar-refractivity contribution in [2.45, 2.75) is 77.2 Å². The van der Waals surface area contributed by atoms with E-state index in [1.165, 1.54) is 13.2 Å². The molecule has 0 aromatic heterocycles. The minimum atomic E-state index is -1.15. The molecule has 9 nitrogen and oxygen atoms in total. The van der Waals surface area contributed by atoms with Gasteiger partial charge in [-0.1, -0.05) is 117 Å². The summed E-state index contributed by atoms with van der Waals surface area (Å²) in [5, 5.41) is 6.15. The van der Waals surface area contributed by atoms with Crippen molar-refractivity contribution in [3.05, 3.63) is 119 Å². The van der Waals surface area contributed by atoms with Gasteiger partial charge < -0.3 is 24.8 Å². The zero-order chi connectivity index (χ0) is 36.8. The lowest BCUT2D eigenvalue weighted by atomic mass is 9.99. The lowest BCUT2D eigenvalue weighted by Gasteiger charge is -2.27. The Labute approximate surface area is 305 Å². The number of rotatable bonds is 10. The molecule has 2 N–H and O–H groups in total. The Balaban J connectivity index is 1.67. The quantitative estimate of drug-likeness (QED) is 0.225. The molecule has 3 aromatic carbocycles. The van der Waals surface area contributed by atoms with Crippen LogP contribution in [0.25, 0.3) is 6.08 Å². The van der Waals surface area contributed by atoms with E-state index in [2.05, 4.69) is 10.6 Å². The highest BCUT2D eigenvalue weighted by molar-refractivity contribution is 6.32. The summed E-state index contributed by atoms with van der Waals surface area (Å²) in [6.07, 6.45) is 5.70. The Morgan fingerprint density at radius 2 is 1.59 bits per heavy atom. The second kappa shape index (κ2) is 19.5. The number of hydrogen-bond donors (Lipinski definition) is 2. The zero-order valence-corrected chi connectivity index (χ0v) is 30.3. The fourth-order valence-corrected chi connectivity index (χ4v) is 6.04. The van der Waals surface area contributed by atoms with E-state index in [4.69, 9.17) is 25.8 Å². The van der Waals surface area contributed by atoms with Gasteiger partial charge in [0.15, 0.2) is 6.10 Å². The van der Waals surface area contributed by atoms with Crippen molar-refractivity contribution >= 4 is 41.4 Å². The Hall–Kier alpha value is -4.89. The summed E-state index contributed by atoms with van der Waals surface area (Å²) < 4.78 is 17.1. The smallest absolute Gasteiger partial charge is 0.347 e. The average molecular weight is 715 g/mol. The minimum Gasteiger partial charge on any atom is -0.495 e. The third-order valence-electron chi connectivity index (χ3n) is 8.48. The predicted molar refractivity (Wildman–Crippen MR) is 198 cm³/mol. The van der Waals surface area contributed by atoms with Gasteiger partial charge in [-0.2, -0.15) is 0 Å². The highest BCUT2D eigenvalue weighted by Crippen LogP contribution is 2.26. The summed E-state index contributed by atoms with van der Waals surface area (Å²) in [6.45, 7) is 5.78. The van der Waals surface area contributed by atoms with Crippen LogP contribution in [0.15, 0.2) is 97.1 Å². The lowest BCUT2D eigenvalue weighted by molar-refractivity contribution is -0.174. The van der Waals surface area contributed by atoms with Gasteiger partial charge in [-0.3, -0.25) is 14.4 Å². The summed E-state index contributed by atoms with van der Waals surface area (Å²) in [6, 6.07) is 22.6. The number of methoxy groups -OCH3 is 1. The molecule has 0 radical (unpaired) electrons. The molecular formula is C41H47ClN2O7. The monoisotopic (exact) mass is 714 g/mol. The summed E-state index contributed by atoms with van der Waals surface area (Å²) in [4.78, 5) is 54.4. The minimum absolute atomic E-state index is 0.0189. The SMILES string of the molecule is COc1ccc(CC2NC(=O)/C=C/CC(C(C)/C=C/c3ccccc3)OC(=O)C(CC(C)C)OC(=O)CC(Cc3ccccc3)NC2=O)cc1Cl. The van der Waals surface area contributed by atoms with Gasteiger partial charge in [0.25, 0.3) is 0 Å². The van der Waals surface area contributed by atoms with Crippen molar-refractivity contribution in [2.24, 2.45) is 11.8 Å². The Morgan fingerprint density at radius 3 is 2.25 bits per heavy atom. The van der Waals surface area contributed by atoms with Gasteiger partial charge >= 0.3 is 11.9 Å². The predicted octanol–water partition coefficient (Wildman–Crippen LogP) is 6.67. The Kier molecular flexibility index (Phi) is 14.9. The highest BCUT2D eigenvalue weighted by atomic mass is 35.5. The molecule has 0 bridgehead atoms. The van der Waals surface area contributed by atoms with E-state index in [-0.39, 0.29) is 37.5 Å². The number of amides is 2. The molecule has 4 rings (SSSR count). The molecule has 5 atom stereocenters. The van der Waals surface area contributed by atoms with E-state index >= 15 is 0 Å². The van der Waals surface area contributed by atoms with Crippen LogP contribution in [-0.2, 0) is 41.5 Å². The van der Waals surface area contributed by atoms with Crippen LogP contribution in [0.1, 0.15) is 56.7 Å². The number of benzene rings is 3. The third kappa shape index (κ3) is 12.7. The molecule has 1 aliphatic heterocycles. The lowest BCUT2D eigenvalue weighted by Crippen LogP contribution is -2.51. The highest BCUT2D eigenvalue weighted by Gasteiger charge is 2.32. The normalized spacial score (nSPS) is 22.1. The van der Waals surface area contributed by atoms with E-state index < -0.39 is 48.0 Å². The van der Waals surface area contributed by atoms with Gasteiger partial charge in [0.2, 0.25) is 11.8 Å². The van der Waals surface area contributed by atoms with Crippen molar-refractivity contribution in [1.82, 2.24) is 10.6 Å². The van der Waals surface area contributed by atoms with Gasteiger partial charge in [0.05, 0.1) is 18.6 Å². The van der Waals surface area contributed by atoms with Gasteiger partial charge in [-0.05, 0) is 53.7 Å². The van der Waals surface area contributed by atoms with Crippen LogP contribution in [0, 0.1) is 11.8 Å². The van der Waals surface area contributed by atoms with Crippen molar-refractivity contribution in [3.63, 3.8) is 0 Å². The van der Waals surface area contributed by atoms with Crippen LogP contribution in [-0.4, -0.2) is 55.2 Å². The molecule has 3 aromatic rings. The van der Waals surface area contributed by atoms with Crippen molar-refractivity contribution in [2.75, 3.05) is 7.11 Å². The number of esters is 2. The molecule has 51 heavy (non-hydrogen) atoms. The molecule has 0 saturated carbocycles. The number of carbonyl (C=O) groups excluding carboxylic acids is 4. The maximum absolute atomic E-state index is 13.9. The Bertz CT molecular complexity index is 1680. The first-order valence-electron chi connectivity index (χ1n) is 17.3. The summed E-state index contributed by atoms with van der Waals surface area (Å²) in [5.41, 5.74) is 2.56. The van der Waals surface area contributed by atoms with E-state index in [1.54, 1.807) is 24.3 Å². The number of hydrogen-bond acceptors (Lipinski definition) is 7. The van der Waals surface area contributed by atoms with Crippen molar-refractivity contribution < 1.29 is 33.4 Å². The van der Waals surface area contributed by atoms with E-state index in [9.17, 15) is 19.2 Å². The molecule has 0 spiro atoms. The van der Waals surface area contributed by atoms with Gasteiger partial charge in [-0.25, -0.2) is 4.79 Å². The Morgan fingerprint density at radius 1 is 0.882 bits per heavy atom. The first kappa shape index (κ1) is 38.9. The fourth-order valence-electron chi connectivity index (χ4n) is 5.76. The number of ether oxygens (including phenoxy) is 3. The zero-order valence-electron chi connectivity index (χ0n) is 29.6. The molecule has 2 amide bonds. The molecule has 5 unspecified atom stereocenters. The van der Waals surface area contributed by atoms with Gasteiger partial charge in [0, 0.05) is 24.8 Å². The van der Waals surface area contributed by atoms with Crippen LogP contribution in [0.5, 0.6) is 5.75 Å². The topological polar surface area (TPSA) is 120 Å². The summed E-state index contributed by atoms with van der Waals surface area (Å²) in [7, 11) is 1.51. The first-order valence-corrected chi connectivity index (χ1v) is 17.7. The van der Waals surface area contributed by atoms with Crippen LogP contribution < -0.4 is 15.4 Å². The average Bonchev–Trinajstić information content (AvgIpc) is 3.09. The number of nitrogens with one attached hydrogen (secondary N) is 2. The first-order chi connectivity index (χ1) is 24.5. The number of cyclic esters (lactones) is 2. The maximum atomic E-state index is 13.9. The molecule has 270 valence electrons. The molecular weight excluding hydrogens is 668 g/mol. The van der Waals surface area contributed by atoms with E-state index in [1.807, 2.05) is 93.6 Å². The standard InChI is InChI=1S/C41H47ClN2O7/c1-27(2)22-37-41(48)51-35(28(3)18-19-29-12-7-5-8-13-29)16-11-17-38(45)44-34(25-31-20-21-36(49-4)33(42)24-31)40(47)43-32(26-39(46)50-37)23-30-14-9-6-10-15-30/h5-15,17-21,24,27-28,32,34-35,37H,16,22-23,25-26H2,1-4H3,(H,43,47)(H,44,45)/b17-11+,19-18+. The number of halogens is 1. The third-order valence-corrected chi connectivity index (χ3v) is 8.77. The second-order valence-corrected chi connectivity index (χ2v) is 13.6. The molecule has 1 aliphatic rings. The summed E-state index contributed by atoms with van der Waals surface area (Å²) >= 11 is 6.38. The van der Waals surface area contributed by atoms with E-state index in [0.29, 0.717) is 22.8 Å². The van der Waals surface area contributed by atoms with Gasteiger partial charge in [-0.15, -0.1) is 0 Å². The molecule has 0 saturated heterocycles. The molecule has 0 aliphatic carbocycles. The molecule has 0 fully saturated rings. The number of carbonyl (C=O) groups is 4. The van der Waals surface area contributed by atoms with Crippen LogP contribution in [0.4, 0.5) is 0 Å². The largest absolute Gasteiger partial charge is 0.495 e.